The van der Waals surface area contributed by atoms with Gasteiger partial charge in [0.1, 0.15) is 10.5 Å². The van der Waals surface area contributed by atoms with Gasteiger partial charge >= 0.3 is 0 Å². The Morgan fingerprint density at radius 3 is 2.14 bits per heavy atom. The van der Waals surface area contributed by atoms with Crippen LogP contribution in [-0.2, 0) is 4.43 Å². The summed E-state index contributed by atoms with van der Waals surface area (Å²) in [6.45, 7) is 2.87. The number of benzene rings is 2. The van der Waals surface area contributed by atoms with Crippen LogP contribution in [-0.4, -0.2) is 17.1 Å². The Labute approximate surface area is 138 Å². The maximum absolute atomic E-state index is 4.68. The molecule has 0 unspecified atom stereocenters. The van der Waals surface area contributed by atoms with Gasteiger partial charge in [-0.25, -0.2) is 0 Å². The molecule has 0 aliphatic heterocycles. The van der Waals surface area contributed by atoms with Crippen molar-refractivity contribution in [1.29, 1.82) is 0 Å². The summed E-state index contributed by atoms with van der Waals surface area (Å²) in [7, 11) is 0.890. The van der Waals surface area contributed by atoms with Crippen LogP contribution in [0.4, 0.5) is 0 Å². The fourth-order valence-electron chi connectivity index (χ4n) is 3.15. The molecule has 2 aromatic rings. The molecule has 2 heteroatoms. The lowest BCUT2D eigenvalue weighted by Crippen LogP contribution is -2.05. The molecule has 0 heterocycles. The van der Waals surface area contributed by atoms with Gasteiger partial charge in [0.05, 0.1) is 0 Å². The Hall–Kier alpha value is -1.38. The van der Waals surface area contributed by atoms with Gasteiger partial charge in [-0.15, -0.1) is 0 Å². The summed E-state index contributed by atoms with van der Waals surface area (Å²) in [5, 5.41) is 0. The summed E-state index contributed by atoms with van der Waals surface area (Å²) in [5.74, 6) is 0.773. The van der Waals surface area contributed by atoms with Gasteiger partial charge in [0.15, 0.2) is 0 Å². The van der Waals surface area contributed by atoms with E-state index < -0.39 is 0 Å². The van der Waals surface area contributed by atoms with E-state index in [0.717, 1.165) is 23.0 Å². The van der Waals surface area contributed by atoms with Crippen LogP contribution in [0.15, 0.2) is 54.6 Å². The lowest BCUT2D eigenvalue weighted by atomic mass is 9.81. The number of hydrogen-bond acceptors (Lipinski definition) is 1. The van der Waals surface area contributed by atoms with Crippen LogP contribution >= 0.6 is 0 Å². The summed E-state index contributed by atoms with van der Waals surface area (Å²) in [6.07, 6.45) is 6.94. The minimum atomic E-state index is 0.773. The highest BCUT2D eigenvalue weighted by Gasteiger charge is 2.18. The van der Waals surface area contributed by atoms with Gasteiger partial charge in [0.25, 0.3) is 0 Å². The Balaban J connectivity index is 0.000000396. The van der Waals surface area contributed by atoms with Crippen LogP contribution in [0.25, 0.3) is 11.1 Å². The smallest absolute Gasteiger partial charge is 0.145 e. The van der Waals surface area contributed by atoms with Gasteiger partial charge in [0, 0.05) is 6.61 Å². The summed E-state index contributed by atoms with van der Waals surface area (Å²) in [5.41, 5.74) is 4.35. The first-order valence-electron chi connectivity index (χ1n) is 8.50. The second-order valence-corrected chi connectivity index (χ2v) is 6.44. The minimum Gasteiger partial charge on any atom is -0.428 e. The molecule has 1 saturated carbocycles. The van der Waals surface area contributed by atoms with Crippen molar-refractivity contribution in [2.45, 2.75) is 44.9 Å². The van der Waals surface area contributed by atoms with Crippen LogP contribution < -0.4 is 0 Å². The van der Waals surface area contributed by atoms with E-state index in [9.17, 15) is 0 Å². The molecule has 0 radical (unpaired) electrons. The fourth-order valence-corrected chi connectivity index (χ4v) is 3.15. The molecule has 0 saturated heterocycles. The molecule has 2 aromatic carbocycles. The van der Waals surface area contributed by atoms with Gasteiger partial charge in [-0.3, -0.25) is 0 Å². The van der Waals surface area contributed by atoms with Crippen LogP contribution in [0.1, 0.15) is 50.5 Å². The van der Waals surface area contributed by atoms with E-state index in [1.165, 1.54) is 43.2 Å². The maximum Gasteiger partial charge on any atom is 0.145 e. The SMILES string of the molecule is CCO[SiH3].c1ccc(-c2ccccc2C2CCCCC2)cc1. The zero-order chi connectivity index (χ0) is 15.6. The van der Waals surface area contributed by atoms with E-state index >= 15 is 0 Å². The van der Waals surface area contributed by atoms with Gasteiger partial charge in [0.2, 0.25) is 0 Å². The molecular weight excluding hydrogens is 284 g/mol. The average Bonchev–Trinajstić information content (AvgIpc) is 2.63. The highest BCUT2D eigenvalue weighted by atomic mass is 28.2. The molecule has 1 aliphatic carbocycles. The predicted octanol–water partition coefficient (Wildman–Crippen LogP) is 4.70. The first-order valence-corrected chi connectivity index (χ1v) is 9.31. The molecule has 1 nitrogen and oxygen atoms in total. The van der Waals surface area contributed by atoms with Gasteiger partial charge < -0.3 is 4.43 Å². The fraction of sp³-hybridized carbons (Fsp3) is 0.400. The van der Waals surface area contributed by atoms with E-state index in [4.69, 9.17) is 0 Å². The molecule has 3 rings (SSSR count). The second-order valence-electron chi connectivity index (χ2n) is 5.87. The Morgan fingerprint density at radius 1 is 0.909 bits per heavy atom. The molecule has 1 fully saturated rings. The number of hydrogen-bond donors (Lipinski definition) is 0. The lowest BCUT2D eigenvalue weighted by molar-refractivity contribution is 0.375. The van der Waals surface area contributed by atoms with Crippen molar-refractivity contribution >= 4 is 10.5 Å². The first kappa shape index (κ1) is 17.0. The third kappa shape index (κ3) is 4.82. The molecule has 0 atom stereocenters. The van der Waals surface area contributed by atoms with Gasteiger partial charge in [-0.2, -0.15) is 0 Å². The third-order valence-corrected chi connectivity index (χ3v) is 4.96. The zero-order valence-corrected chi connectivity index (χ0v) is 15.9. The average molecular weight is 313 g/mol. The van der Waals surface area contributed by atoms with Crippen molar-refractivity contribution in [3.8, 4) is 11.1 Å². The molecular formula is C20H28OSi. The largest absolute Gasteiger partial charge is 0.428 e. The summed E-state index contributed by atoms with van der Waals surface area (Å²) in [6, 6.07) is 19.8. The second kappa shape index (κ2) is 9.60. The maximum atomic E-state index is 4.68. The van der Waals surface area contributed by atoms with Crippen LogP contribution in [0.2, 0.25) is 0 Å². The first-order chi connectivity index (χ1) is 10.9. The Kier molecular flexibility index (Phi) is 7.41. The van der Waals surface area contributed by atoms with Crippen molar-refractivity contribution in [2.24, 2.45) is 0 Å². The van der Waals surface area contributed by atoms with E-state index in [1.54, 1.807) is 5.56 Å². The van der Waals surface area contributed by atoms with Crippen molar-refractivity contribution in [2.75, 3.05) is 6.61 Å². The normalized spacial score (nSPS) is 15.1. The standard InChI is InChI=1S/C18H20.C2H8OSi/c1-3-9-15(10-4-1)17-13-7-8-14-18(17)16-11-5-2-6-12-16;1-2-3-4/h1,3-4,7-10,13-14,16H,2,5-6,11-12H2;2H2,1,4H3. The van der Waals surface area contributed by atoms with Gasteiger partial charge in [-0.1, -0.05) is 73.9 Å². The quantitative estimate of drug-likeness (QED) is 0.746. The summed E-state index contributed by atoms with van der Waals surface area (Å²) < 4.78 is 4.68. The monoisotopic (exact) mass is 312 g/mol. The van der Waals surface area contributed by atoms with E-state index in [0.29, 0.717) is 0 Å². The van der Waals surface area contributed by atoms with Crippen molar-refractivity contribution < 1.29 is 4.43 Å². The minimum absolute atomic E-state index is 0.773. The van der Waals surface area contributed by atoms with Crippen LogP contribution in [0.5, 0.6) is 0 Å². The summed E-state index contributed by atoms with van der Waals surface area (Å²) in [4.78, 5) is 0. The van der Waals surface area contributed by atoms with Crippen molar-refractivity contribution in [3.63, 3.8) is 0 Å². The van der Waals surface area contributed by atoms with E-state index in [1.807, 2.05) is 6.92 Å². The molecule has 118 valence electrons. The highest BCUT2D eigenvalue weighted by molar-refractivity contribution is 5.97. The Morgan fingerprint density at radius 2 is 1.50 bits per heavy atom. The molecule has 0 N–H and O–H groups in total. The van der Waals surface area contributed by atoms with Crippen molar-refractivity contribution in [1.82, 2.24) is 0 Å². The molecule has 0 aromatic heterocycles. The topological polar surface area (TPSA) is 9.23 Å². The molecule has 0 bridgehead atoms. The highest BCUT2D eigenvalue weighted by Crippen LogP contribution is 2.37. The lowest BCUT2D eigenvalue weighted by Gasteiger charge is -2.24. The Bertz CT molecular complexity index is 530. The molecule has 22 heavy (non-hydrogen) atoms. The molecule has 0 amide bonds. The van der Waals surface area contributed by atoms with Gasteiger partial charge in [-0.05, 0) is 42.4 Å². The van der Waals surface area contributed by atoms with Crippen LogP contribution in [0.3, 0.4) is 0 Å². The predicted molar refractivity (Wildman–Crippen MR) is 99.3 cm³/mol. The molecule has 0 spiro atoms. The number of rotatable bonds is 3. The van der Waals surface area contributed by atoms with E-state index in [2.05, 4.69) is 59.0 Å². The summed E-state index contributed by atoms with van der Waals surface area (Å²) >= 11 is 0. The van der Waals surface area contributed by atoms with Crippen LogP contribution in [0, 0.1) is 0 Å². The zero-order valence-electron chi connectivity index (χ0n) is 13.9. The van der Waals surface area contributed by atoms with E-state index in [-0.39, 0.29) is 0 Å². The third-order valence-electron chi connectivity index (χ3n) is 4.38. The molecule has 1 aliphatic rings. The van der Waals surface area contributed by atoms with Crippen molar-refractivity contribution in [3.05, 3.63) is 60.2 Å².